The van der Waals surface area contributed by atoms with Gasteiger partial charge in [-0.3, -0.25) is 4.79 Å². The summed E-state index contributed by atoms with van der Waals surface area (Å²) in [7, 11) is 1.06. The van der Waals surface area contributed by atoms with Gasteiger partial charge in [0, 0.05) is 5.41 Å². The molecule has 7 rings (SSSR count). The largest absolute Gasteiger partial charge is 0.481 e. The van der Waals surface area contributed by atoms with Crippen LogP contribution in [-0.4, -0.2) is 152 Å². The third kappa shape index (κ3) is 6.68. The van der Waals surface area contributed by atoms with Crippen LogP contribution in [0.25, 0.3) is 0 Å². The molecule has 59 heavy (non-hydrogen) atoms. The van der Waals surface area contributed by atoms with Crippen LogP contribution < -0.4 is 0 Å². The Morgan fingerprint density at radius 3 is 2.05 bits per heavy atom. The quantitative estimate of drug-likeness (QED) is 0.0938. The number of hydrogen-bond acceptors (Lipinski definition) is 15. The van der Waals surface area contributed by atoms with Crippen LogP contribution in [0.5, 0.6) is 0 Å². The maximum Gasteiger partial charge on any atom is 0.337 e. The Hall–Kier alpha value is -1.80. The first-order valence-corrected chi connectivity index (χ1v) is 21.4. The van der Waals surface area contributed by atoms with Crippen LogP contribution >= 0.6 is 0 Å². The molecule has 0 bridgehead atoms. The van der Waals surface area contributed by atoms with E-state index in [1.54, 1.807) is 0 Å². The van der Waals surface area contributed by atoms with Crippen molar-refractivity contribution in [2.24, 2.45) is 50.2 Å². The zero-order valence-electron chi connectivity index (χ0n) is 35.4. The standard InChI is InChI=1S/C43H68O16/c1-38(2)12-14-43(37(53)54)15-13-41(5)20(21(43)16-38)8-9-25-39(3)17-22(46)33(40(4,19-45)24(39)10-11-42(25,41)6)59-36-30(51)28(49)31(32(58-36)34(52)55-7)57-35-29(50)27(48)26(47)23(18-44)56-35/h8,21-33,35-36,44-51H,9-19H2,1-7H3,(H,53,54)/t21-,22-,23+,24+,25+,26-,27-,28+,29+,30+,31-,32-,33-,35-,36-,39-,40-,41+,42+,43-/m0/s1. The number of rotatable bonds is 8. The molecule has 0 aromatic carbocycles. The molecule has 0 unspecified atom stereocenters. The lowest BCUT2D eigenvalue weighted by Crippen LogP contribution is -2.70. The smallest absolute Gasteiger partial charge is 0.337 e. The van der Waals surface area contributed by atoms with Gasteiger partial charge in [-0.1, -0.05) is 53.2 Å². The Bertz CT molecular complexity index is 1640. The second-order valence-electron chi connectivity index (χ2n) is 20.9. The summed E-state index contributed by atoms with van der Waals surface area (Å²) in [5.74, 6) is -1.93. The fourth-order valence-corrected chi connectivity index (χ4v) is 13.9. The van der Waals surface area contributed by atoms with Crippen LogP contribution in [0.15, 0.2) is 11.6 Å². The first kappa shape index (κ1) is 45.2. The number of carbonyl (C=O) groups excluding carboxylic acids is 1. The maximum atomic E-state index is 13.1. The van der Waals surface area contributed by atoms with Gasteiger partial charge in [0.15, 0.2) is 18.7 Å². The number of allylic oxidation sites excluding steroid dienone is 2. The minimum atomic E-state index is -1.94. The Kier molecular flexibility index (Phi) is 11.9. The number of carbonyl (C=O) groups is 2. The van der Waals surface area contributed by atoms with Crippen LogP contribution in [0, 0.1) is 50.2 Å². The van der Waals surface area contributed by atoms with Gasteiger partial charge in [0.2, 0.25) is 0 Å². The molecule has 6 fully saturated rings. The van der Waals surface area contributed by atoms with Crippen LogP contribution in [0.3, 0.4) is 0 Å². The van der Waals surface area contributed by atoms with E-state index in [1.165, 1.54) is 5.57 Å². The highest BCUT2D eigenvalue weighted by Gasteiger charge is 2.71. The Morgan fingerprint density at radius 1 is 0.780 bits per heavy atom. The first-order valence-electron chi connectivity index (χ1n) is 21.4. The number of methoxy groups -OCH3 is 1. The number of carboxylic acids is 1. The SMILES string of the molecule is COC(=O)[C@H]1O[C@@H](O[C@H]2[C@@H](O)C[C@@]3(C)[C@@H](CC[C@]4(C)[C@@H]3CC=C3[C@@H]5CC(C)(C)CC[C@]5(C(=O)O)CC[C@]34C)[C@]2(C)CO)[C@H](O)[C@@H](O)[C@@H]1O[C@@H]1O[C@H](CO)[C@H](O)[C@H](O)[C@H]1O. The molecule has 0 aromatic heterocycles. The average Bonchev–Trinajstić information content (AvgIpc) is 3.18. The van der Waals surface area contributed by atoms with Crippen LogP contribution in [0.2, 0.25) is 0 Å². The molecule has 7 aliphatic rings. The molecule has 20 atom stereocenters. The minimum absolute atomic E-state index is 0.0241. The molecule has 16 nitrogen and oxygen atoms in total. The van der Waals surface area contributed by atoms with E-state index in [1.807, 2.05) is 6.92 Å². The number of esters is 1. The summed E-state index contributed by atoms with van der Waals surface area (Å²) in [4.78, 5) is 26.2. The predicted molar refractivity (Wildman–Crippen MR) is 206 cm³/mol. The van der Waals surface area contributed by atoms with E-state index in [4.69, 9.17) is 23.7 Å². The summed E-state index contributed by atoms with van der Waals surface area (Å²) in [6, 6.07) is 0. The molecule has 9 N–H and O–H groups in total. The lowest BCUT2D eigenvalue weighted by Gasteiger charge is -2.71. The molecular formula is C43H68O16. The molecule has 16 heteroatoms. The number of ether oxygens (including phenoxy) is 5. The molecule has 5 aliphatic carbocycles. The molecule has 0 aromatic rings. The predicted octanol–water partition coefficient (Wildman–Crippen LogP) is 1.01. The summed E-state index contributed by atoms with van der Waals surface area (Å²) in [5, 5.41) is 97.8. The van der Waals surface area contributed by atoms with Crippen molar-refractivity contribution in [3.63, 3.8) is 0 Å². The van der Waals surface area contributed by atoms with E-state index in [-0.39, 0.29) is 40.4 Å². The topological polar surface area (TPSA) is 262 Å². The summed E-state index contributed by atoms with van der Waals surface area (Å²) in [5.41, 5.74) is -1.60. The lowest BCUT2D eigenvalue weighted by atomic mass is 9.33. The van der Waals surface area contributed by atoms with Crippen molar-refractivity contribution < 1.29 is 79.2 Å². The fraction of sp³-hybridized carbons (Fsp3) is 0.907. The number of hydrogen-bond donors (Lipinski definition) is 9. The van der Waals surface area contributed by atoms with E-state index < -0.39 is 115 Å². The number of aliphatic hydroxyl groups excluding tert-OH is 8. The van der Waals surface area contributed by atoms with Gasteiger partial charge in [0.05, 0.1) is 37.9 Å². The van der Waals surface area contributed by atoms with Crippen LogP contribution in [0.4, 0.5) is 0 Å². The molecule has 2 saturated heterocycles. The first-order chi connectivity index (χ1) is 27.5. The van der Waals surface area contributed by atoms with Gasteiger partial charge in [0.1, 0.15) is 42.7 Å². The van der Waals surface area contributed by atoms with Crippen molar-refractivity contribution in [3.8, 4) is 0 Å². The maximum absolute atomic E-state index is 13.1. The van der Waals surface area contributed by atoms with Crippen molar-refractivity contribution in [2.45, 2.75) is 173 Å². The molecule has 336 valence electrons. The van der Waals surface area contributed by atoms with Crippen molar-refractivity contribution in [1.82, 2.24) is 0 Å². The van der Waals surface area contributed by atoms with Gasteiger partial charge >= 0.3 is 11.9 Å². The summed E-state index contributed by atoms with van der Waals surface area (Å²) in [6.45, 7) is 12.0. The Labute approximate surface area is 345 Å². The summed E-state index contributed by atoms with van der Waals surface area (Å²) >= 11 is 0. The second kappa shape index (κ2) is 15.5. The third-order valence-corrected chi connectivity index (χ3v) is 17.5. The minimum Gasteiger partial charge on any atom is -0.481 e. The fourth-order valence-electron chi connectivity index (χ4n) is 13.9. The highest BCUT2D eigenvalue weighted by molar-refractivity contribution is 5.77. The zero-order valence-corrected chi connectivity index (χ0v) is 35.4. The molecule has 0 amide bonds. The highest BCUT2D eigenvalue weighted by atomic mass is 16.7. The molecule has 0 radical (unpaired) electrons. The Balaban J connectivity index is 1.15. The Morgan fingerprint density at radius 2 is 1.42 bits per heavy atom. The molecule has 2 heterocycles. The van der Waals surface area contributed by atoms with Crippen molar-refractivity contribution in [3.05, 3.63) is 11.6 Å². The summed E-state index contributed by atoms with van der Waals surface area (Å²) < 4.78 is 28.4. The zero-order chi connectivity index (χ0) is 43.4. The van der Waals surface area contributed by atoms with E-state index in [0.717, 1.165) is 32.8 Å². The summed E-state index contributed by atoms with van der Waals surface area (Å²) in [6.07, 6.45) is -11.5. The van der Waals surface area contributed by atoms with Crippen molar-refractivity contribution in [1.29, 1.82) is 0 Å². The van der Waals surface area contributed by atoms with E-state index >= 15 is 0 Å². The number of fused-ring (bicyclic) bond motifs is 7. The number of aliphatic carboxylic acids is 1. The van der Waals surface area contributed by atoms with Gasteiger partial charge in [-0.15, -0.1) is 0 Å². The number of carboxylic acid groups (broad SMARTS) is 1. The van der Waals surface area contributed by atoms with E-state index in [0.29, 0.717) is 25.7 Å². The molecule has 4 saturated carbocycles. The van der Waals surface area contributed by atoms with Gasteiger partial charge in [-0.2, -0.15) is 0 Å². The lowest BCUT2D eigenvalue weighted by molar-refractivity contribution is -0.369. The normalized spacial score (nSPS) is 53.1. The second-order valence-corrected chi connectivity index (χ2v) is 20.9. The van der Waals surface area contributed by atoms with Crippen molar-refractivity contribution in [2.75, 3.05) is 20.3 Å². The van der Waals surface area contributed by atoms with Gasteiger partial charge < -0.3 is 69.6 Å². The van der Waals surface area contributed by atoms with Gasteiger partial charge in [0.25, 0.3) is 0 Å². The van der Waals surface area contributed by atoms with Crippen LogP contribution in [0.1, 0.15) is 99.3 Å². The van der Waals surface area contributed by atoms with Crippen molar-refractivity contribution >= 4 is 11.9 Å². The molecular weight excluding hydrogens is 772 g/mol. The third-order valence-electron chi connectivity index (χ3n) is 17.5. The molecule has 2 aliphatic heterocycles. The van der Waals surface area contributed by atoms with E-state index in [2.05, 4.69) is 40.7 Å². The number of aliphatic hydroxyl groups is 8. The van der Waals surface area contributed by atoms with E-state index in [9.17, 15) is 55.5 Å². The highest BCUT2D eigenvalue weighted by Crippen LogP contribution is 2.76. The van der Waals surface area contributed by atoms with Gasteiger partial charge in [-0.25, -0.2) is 4.79 Å². The molecule has 0 spiro atoms. The average molecular weight is 841 g/mol. The van der Waals surface area contributed by atoms with Gasteiger partial charge in [-0.05, 0) is 97.2 Å². The monoisotopic (exact) mass is 840 g/mol. The van der Waals surface area contributed by atoms with Crippen LogP contribution in [-0.2, 0) is 33.3 Å².